The average molecular weight is 1020 g/mol. The maximum Gasteiger partial charge on any atom is 2.00 e. The predicted octanol–water partition coefficient (Wildman–Crippen LogP) is 14.9. The number of hydrogen-bond donors (Lipinski definition) is 2. The fourth-order valence-corrected chi connectivity index (χ4v) is 9.51. The summed E-state index contributed by atoms with van der Waals surface area (Å²) >= 11 is 0. The van der Waals surface area contributed by atoms with Crippen molar-refractivity contribution < 1.29 is 35.8 Å². The quantitative estimate of drug-likeness (QED) is 0.0199. The smallest absolute Gasteiger partial charge is 0.862 e. The Bertz CT molecular complexity index is 1250. The first-order valence-electron chi connectivity index (χ1n) is 28.3. The maximum absolute atomic E-state index is 11.6. The van der Waals surface area contributed by atoms with E-state index >= 15 is 0 Å². The molecule has 0 aromatic heterocycles. The summed E-state index contributed by atoms with van der Waals surface area (Å²) in [4.78, 5) is 15.5. The van der Waals surface area contributed by atoms with E-state index in [-0.39, 0.29) is 74.7 Å². The average Bonchev–Trinajstić information content (AvgIpc) is 3.27. The summed E-state index contributed by atoms with van der Waals surface area (Å²) in [6, 6.07) is 0. The fraction of sp³-hybridized carbons (Fsp3) is 0.963. The largest absolute Gasteiger partial charge is 2.00 e. The molecule has 0 bridgehead atoms. The molecule has 0 heterocycles. The van der Waals surface area contributed by atoms with Crippen molar-refractivity contribution in [1.82, 2.24) is 5.32 Å². The minimum absolute atomic E-state index is 0. The van der Waals surface area contributed by atoms with E-state index in [0.717, 1.165) is 25.7 Å². The van der Waals surface area contributed by atoms with Crippen molar-refractivity contribution in [2.75, 3.05) is 24.6 Å². The van der Waals surface area contributed by atoms with E-state index in [1.807, 2.05) is 0 Å². The Labute approximate surface area is 446 Å². The van der Waals surface area contributed by atoms with E-state index in [2.05, 4.69) is 24.2 Å². The van der Waals surface area contributed by atoms with Gasteiger partial charge in [0, 0.05) is 25.3 Å². The molecule has 0 aromatic rings. The third-order valence-electron chi connectivity index (χ3n) is 12.7. The van der Waals surface area contributed by atoms with Crippen LogP contribution in [0, 0.1) is 0 Å². The molecule has 0 aliphatic rings. The molecule has 0 spiro atoms. The number of nitrogens with zero attached hydrogens (tertiary/aromatic N) is 1. The van der Waals surface area contributed by atoms with Crippen LogP contribution in [0.2, 0.25) is 0 Å². The number of aliphatic imine (C=N–C) groups is 1. The molecule has 0 saturated heterocycles. The second-order valence-electron chi connectivity index (χ2n) is 19.5. The molecule has 0 aromatic carbocycles. The van der Waals surface area contributed by atoms with Gasteiger partial charge in [-0.2, -0.15) is 8.42 Å². The van der Waals surface area contributed by atoms with Gasteiger partial charge in [-0.05, 0) is 38.0 Å². The van der Waals surface area contributed by atoms with Crippen LogP contribution in [-0.2, 0) is 25.0 Å². The SMILES string of the molecule is CCCCCCCCCCCCCCCCCCCCCCCC(=O)NCCCS(=O)(=O)O.CCCCCCCCCCCCCCCCCCCCCCCC([O-])=NCCCS(=O)(=O)[O-].[Ca+2]. The van der Waals surface area contributed by atoms with Crippen molar-refractivity contribution in [3.05, 3.63) is 0 Å². The van der Waals surface area contributed by atoms with Gasteiger partial charge in [0.1, 0.15) is 0 Å². The van der Waals surface area contributed by atoms with Gasteiger partial charge in [-0.15, -0.1) is 0 Å². The van der Waals surface area contributed by atoms with Gasteiger partial charge in [0.15, 0.2) is 0 Å². The summed E-state index contributed by atoms with van der Waals surface area (Å²) in [6.07, 6.45) is 57.8. The van der Waals surface area contributed by atoms with Crippen LogP contribution in [0.4, 0.5) is 0 Å². The molecule has 2 N–H and O–H groups in total. The van der Waals surface area contributed by atoms with Crippen molar-refractivity contribution in [1.29, 1.82) is 0 Å². The van der Waals surface area contributed by atoms with E-state index < -0.39 is 26.0 Å². The van der Waals surface area contributed by atoms with Crippen LogP contribution >= 0.6 is 0 Å². The van der Waals surface area contributed by atoms with Crippen molar-refractivity contribution >= 4 is 69.8 Å². The van der Waals surface area contributed by atoms with E-state index in [1.54, 1.807) is 0 Å². The first kappa shape index (κ1) is 71.3. The standard InChI is InChI=1S/2C27H55NO4S.Ca/c2*1-2-3-4-5-6-7-8-9-10-11-12-13-14-15-16-17-18-19-20-21-22-24-27(29)28-25-23-26-33(30,31)32;/h2*2-26H2,1H3,(H,28,29)(H,30,31,32);/q;;+2/p-2. The zero-order chi connectivity index (χ0) is 48.9. The number of amides is 1. The zero-order valence-electron chi connectivity index (χ0n) is 44.1. The summed E-state index contributed by atoms with van der Waals surface area (Å²) in [7, 11) is -8.11. The van der Waals surface area contributed by atoms with Crippen LogP contribution < -0.4 is 10.4 Å². The molecule has 13 heteroatoms. The van der Waals surface area contributed by atoms with Crippen molar-refractivity contribution in [2.45, 2.75) is 309 Å². The van der Waals surface area contributed by atoms with Crippen LogP contribution in [0.1, 0.15) is 309 Å². The Morgan fingerprint density at radius 2 is 0.687 bits per heavy atom. The summed E-state index contributed by atoms with van der Waals surface area (Å²) in [5, 5.41) is 14.3. The summed E-state index contributed by atoms with van der Waals surface area (Å²) in [6.45, 7) is 5.00. The molecule has 0 radical (unpaired) electrons. The Morgan fingerprint density at radius 3 is 0.955 bits per heavy atom. The number of carbonyl (C=O) groups is 1. The van der Waals surface area contributed by atoms with Crippen LogP contribution in [0.5, 0.6) is 0 Å². The number of unbranched alkanes of at least 4 members (excludes halogenated alkanes) is 40. The molecule has 0 saturated carbocycles. The zero-order valence-corrected chi connectivity index (χ0v) is 48.0. The number of rotatable bonds is 52. The predicted molar refractivity (Wildman–Crippen MR) is 286 cm³/mol. The molecule has 1 amide bonds. The van der Waals surface area contributed by atoms with Crippen LogP contribution in [0.3, 0.4) is 0 Å². The Morgan fingerprint density at radius 1 is 0.418 bits per heavy atom. The molecule has 0 aliphatic heterocycles. The third kappa shape index (κ3) is 70.3. The molecule has 0 aliphatic carbocycles. The topological polar surface area (TPSA) is 176 Å². The van der Waals surface area contributed by atoms with Gasteiger partial charge in [-0.25, -0.2) is 8.42 Å². The number of hydrogen-bond acceptors (Lipinski definition) is 8. The van der Waals surface area contributed by atoms with Crippen LogP contribution in [-0.4, -0.2) is 100 Å². The van der Waals surface area contributed by atoms with E-state index in [1.165, 1.54) is 244 Å². The Hall–Kier alpha value is 0.0197. The van der Waals surface area contributed by atoms with Crippen LogP contribution in [0.25, 0.3) is 0 Å². The van der Waals surface area contributed by atoms with Gasteiger partial charge in [0.25, 0.3) is 10.1 Å². The Kier molecular flexibility index (Phi) is 60.6. The fourth-order valence-electron chi connectivity index (χ4n) is 8.52. The van der Waals surface area contributed by atoms with E-state index in [4.69, 9.17) is 4.55 Å². The van der Waals surface area contributed by atoms with Gasteiger partial charge < -0.3 is 20.0 Å². The van der Waals surface area contributed by atoms with Gasteiger partial charge in [-0.3, -0.25) is 9.35 Å². The molecule has 67 heavy (non-hydrogen) atoms. The monoisotopic (exact) mass is 1020 g/mol. The summed E-state index contributed by atoms with van der Waals surface area (Å²) in [5.74, 6) is -0.935. The molecule has 0 rings (SSSR count). The van der Waals surface area contributed by atoms with Gasteiger partial charge >= 0.3 is 37.7 Å². The number of nitrogens with one attached hydrogen (secondary N) is 1. The molecule has 10 nitrogen and oxygen atoms in total. The molecule has 0 atom stereocenters. The molecular weight excluding hydrogens is 909 g/mol. The summed E-state index contributed by atoms with van der Waals surface area (Å²) in [5.41, 5.74) is 0. The molecule has 396 valence electrons. The minimum Gasteiger partial charge on any atom is -0.862 e. The van der Waals surface area contributed by atoms with Gasteiger partial charge in [-0.1, -0.05) is 271 Å². The Balaban J connectivity index is -0.00000120. The summed E-state index contributed by atoms with van der Waals surface area (Å²) < 4.78 is 61.2. The molecule has 0 fully saturated rings. The van der Waals surface area contributed by atoms with E-state index in [0.29, 0.717) is 19.4 Å². The molecule has 0 unspecified atom stereocenters. The van der Waals surface area contributed by atoms with E-state index in [9.17, 15) is 31.3 Å². The minimum atomic E-state index is -4.19. The van der Waals surface area contributed by atoms with Gasteiger partial charge in [0.2, 0.25) is 5.91 Å². The van der Waals surface area contributed by atoms with Crippen molar-refractivity contribution in [3.8, 4) is 0 Å². The second-order valence-corrected chi connectivity index (χ2v) is 22.6. The van der Waals surface area contributed by atoms with Crippen LogP contribution in [0.15, 0.2) is 4.99 Å². The maximum atomic E-state index is 11.6. The first-order valence-corrected chi connectivity index (χ1v) is 31.5. The first-order chi connectivity index (χ1) is 31.9. The van der Waals surface area contributed by atoms with Crippen molar-refractivity contribution in [3.63, 3.8) is 0 Å². The number of carbonyl (C=O) groups excluding carboxylic acids is 1. The third-order valence-corrected chi connectivity index (χ3v) is 14.3. The normalized spacial score (nSPS) is 11.9. The second kappa shape index (κ2) is 56.9. The molecular formula is C54H108CaN2O8S2. The van der Waals surface area contributed by atoms with Gasteiger partial charge in [0.05, 0.1) is 15.9 Å². The van der Waals surface area contributed by atoms with Crippen molar-refractivity contribution in [2.24, 2.45) is 4.99 Å².